The van der Waals surface area contributed by atoms with E-state index in [1.807, 2.05) is 0 Å². The van der Waals surface area contributed by atoms with Crippen LogP contribution in [-0.4, -0.2) is 105 Å². The molecule has 0 aromatic heterocycles. The zero-order chi connectivity index (χ0) is 26.2. The molecule has 1 rings (SSSR count). The summed E-state index contributed by atoms with van der Waals surface area (Å²) in [6, 6.07) is -3.89. The van der Waals surface area contributed by atoms with Crippen molar-refractivity contribution in [3.8, 4) is 0 Å². The zero-order valence-electron chi connectivity index (χ0n) is 19.0. The van der Waals surface area contributed by atoms with E-state index in [2.05, 4.69) is 16.0 Å². The van der Waals surface area contributed by atoms with Gasteiger partial charge in [-0.15, -0.1) is 0 Å². The van der Waals surface area contributed by atoms with E-state index in [-0.39, 0.29) is 12.8 Å². The summed E-state index contributed by atoms with van der Waals surface area (Å²) in [4.78, 5) is 58.4. The van der Waals surface area contributed by atoms with Crippen LogP contribution >= 0.6 is 0 Å². The van der Waals surface area contributed by atoms with E-state index in [0.717, 1.165) is 6.92 Å². The molecule has 0 aliphatic carbocycles. The van der Waals surface area contributed by atoms with Crippen molar-refractivity contribution >= 4 is 29.6 Å². The SMILES string of the molecule is CC(=O)NC1C(O)OC(CO)C(O)C1O[C@H](C)C(=O)N[C@@H](C)C(=O)N[C@@H](CCC(N)=O)C(=O)O. The Morgan fingerprint density at radius 3 is 2.21 bits per heavy atom. The Hall–Kier alpha value is -2.85. The molecular weight excluding hydrogens is 460 g/mol. The van der Waals surface area contributed by atoms with Crippen LogP contribution in [0.4, 0.5) is 0 Å². The summed E-state index contributed by atoms with van der Waals surface area (Å²) in [7, 11) is 0. The van der Waals surface area contributed by atoms with Crippen LogP contribution in [-0.2, 0) is 33.4 Å². The number of aliphatic carboxylic acids is 1. The van der Waals surface area contributed by atoms with Crippen molar-refractivity contribution in [1.82, 2.24) is 16.0 Å². The number of rotatable bonds is 12. The highest BCUT2D eigenvalue weighted by Gasteiger charge is 2.47. The van der Waals surface area contributed by atoms with Crippen LogP contribution in [0.3, 0.4) is 0 Å². The molecule has 1 aliphatic heterocycles. The van der Waals surface area contributed by atoms with E-state index in [0.29, 0.717) is 0 Å². The van der Waals surface area contributed by atoms with Crippen molar-refractivity contribution in [2.45, 2.75) is 82.4 Å². The number of aliphatic hydroxyl groups excluding tert-OH is 3. The summed E-state index contributed by atoms with van der Waals surface area (Å²) in [6.45, 7) is 3.03. The average molecular weight is 492 g/mol. The first kappa shape index (κ1) is 29.2. The van der Waals surface area contributed by atoms with Gasteiger partial charge in [0.1, 0.15) is 42.5 Å². The third-order valence-electron chi connectivity index (χ3n) is 5.02. The largest absolute Gasteiger partial charge is 0.480 e. The number of ether oxygens (including phenoxy) is 2. The molecule has 34 heavy (non-hydrogen) atoms. The predicted molar refractivity (Wildman–Crippen MR) is 112 cm³/mol. The fourth-order valence-corrected chi connectivity index (χ4v) is 3.17. The molecule has 5 unspecified atom stereocenters. The molecule has 9 N–H and O–H groups in total. The molecule has 0 spiro atoms. The van der Waals surface area contributed by atoms with Crippen molar-refractivity contribution in [2.24, 2.45) is 5.73 Å². The second-order valence-electron chi connectivity index (χ2n) is 7.84. The first-order valence-corrected chi connectivity index (χ1v) is 10.4. The standard InChI is InChI=1S/C19H32N4O11/c1-7(16(28)23-10(18(30)31)4-5-12(20)26)21-17(29)8(2)33-15-13(22-9(3)25)19(32)34-11(6-24)14(15)27/h7-8,10-11,13-15,19,24,27,32H,4-6H2,1-3H3,(H2,20,26)(H,21,29)(H,22,25)(H,23,28)(H,30,31)/t7-,8+,10-,11?,13?,14?,15?,19?/m0/s1. The van der Waals surface area contributed by atoms with Crippen LogP contribution in [0.5, 0.6) is 0 Å². The lowest BCUT2D eigenvalue weighted by atomic mass is 9.96. The van der Waals surface area contributed by atoms with Gasteiger partial charge >= 0.3 is 5.97 Å². The number of nitrogens with one attached hydrogen (secondary N) is 3. The summed E-state index contributed by atoms with van der Waals surface area (Å²) in [5.41, 5.74) is 4.99. The second-order valence-corrected chi connectivity index (χ2v) is 7.84. The van der Waals surface area contributed by atoms with Crippen molar-refractivity contribution in [3.63, 3.8) is 0 Å². The Bertz CT molecular complexity index is 765. The van der Waals surface area contributed by atoms with Crippen LogP contribution in [0.25, 0.3) is 0 Å². The second kappa shape index (κ2) is 13.1. The van der Waals surface area contributed by atoms with Gasteiger partial charge in [0.05, 0.1) is 6.61 Å². The third-order valence-corrected chi connectivity index (χ3v) is 5.02. The van der Waals surface area contributed by atoms with Gasteiger partial charge in [0.15, 0.2) is 6.29 Å². The molecule has 1 aliphatic rings. The van der Waals surface area contributed by atoms with Gasteiger partial charge in [-0.1, -0.05) is 0 Å². The Balaban J connectivity index is 2.80. The van der Waals surface area contributed by atoms with Crippen LogP contribution in [0.15, 0.2) is 0 Å². The smallest absolute Gasteiger partial charge is 0.326 e. The lowest BCUT2D eigenvalue weighted by molar-refractivity contribution is -0.266. The van der Waals surface area contributed by atoms with E-state index < -0.39 is 85.0 Å². The average Bonchev–Trinajstić information content (AvgIpc) is 2.74. The molecule has 8 atom stereocenters. The molecule has 194 valence electrons. The number of amides is 4. The highest BCUT2D eigenvalue weighted by Crippen LogP contribution is 2.23. The first-order chi connectivity index (χ1) is 15.8. The predicted octanol–water partition coefficient (Wildman–Crippen LogP) is -4.33. The highest BCUT2D eigenvalue weighted by molar-refractivity contribution is 5.91. The molecular formula is C19H32N4O11. The van der Waals surface area contributed by atoms with Crippen LogP contribution in [0.2, 0.25) is 0 Å². The monoisotopic (exact) mass is 492 g/mol. The minimum atomic E-state index is -1.65. The molecule has 0 radical (unpaired) electrons. The number of carboxylic acids is 1. The van der Waals surface area contributed by atoms with Crippen LogP contribution in [0, 0.1) is 0 Å². The summed E-state index contributed by atoms with van der Waals surface area (Å²) < 4.78 is 10.6. The third kappa shape index (κ3) is 8.49. The van der Waals surface area contributed by atoms with Gasteiger partial charge in [-0.3, -0.25) is 19.2 Å². The van der Waals surface area contributed by atoms with E-state index in [4.69, 9.17) is 20.3 Å². The van der Waals surface area contributed by atoms with Crippen molar-refractivity contribution in [2.75, 3.05) is 6.61 Å². The zero-order valence-corrected chi connectivity index (χ0v) is 19.0. The van der Waals surface area contributed by atoms with Crippen molar-refractivity contribution in [1.29, 1.82) is 0 Å². The normalized spacial score (nSPS) is 27.1. The van der Waals surface area contributed by atoms with Gasteiger partial charge in [-0.2, -0.15) is 0 Å². The summed E-state index contributed by atoms with van der Waals surface area (Å²) in [5, 5.41) is 45.9. The van der Waals surface area contributed by atoms with Crippen LogP contribution in [0.1, 0.15) is 33.6 Å². The topological polar surface area (TPSA) is 247 Å². The molecule has 1 fully saturated rings. The summed E-state index contributed by atoms with van der Waals surface area (Å²) in [6.07, 6.45) is -7.62. The van der Waals surface area contributed by atoms with Crippen molar-refractivity contribution < 1.29 is 53.9 Å². The molecule has 15 nitrogen and oxygen atoms in total. The van der Waals surface area contributed by atoms with Gasteiger partial charge in [0.25, 0.3) is 0 Å². The van der Waals surface area contributed by atoms with E-state index >= 15 is 0 Å². The lowest BCUT2D eigenvalue weighted by Gasteiger charge is -2.43. The maximum absolute atomic E-state index is 12.5. The molecule has 0 aromatic carbocycles. The van der Waals surface area contributed by atoms with Gasteiger partial charge in [0, 0.05) is 13.3 Å². The highest BCUT2D eigenvalue weighted by atomic mass is 16.6. The van der Waals surface area contributed by atoms with Gasteiger partial charge < -0.3 is 51.6 Å². The van der Waals surface area contributed by atoms with E-state index in [1.54, 1.807) is 0 Å². The maximum atomic E-state index is 12.5. The number of carbonyl (C=O) groups is 5. The molecule has 4 amide bonds. The minimum absolute atomic E-state index is 0.239. The Kier molecular flexibility index (Phi) is 11.3. The summed E-state index contributed by atoms with van der Waals surface area (Å²) in [5.74, 6) is -4.39. The molecule has 0 saturated carbocycles. The van der Waals surface area contributed by atoms with E-state index in [1.165, 1.54) is 13.8 Å². The Labute approximate surface area is 195 Å². The Morgan fingerprint density at radius 2 is 1.71 bits per heavy atom. The Morgan fingerprint density at radius 1 is 1.09 bits per heavy atom. The maximum Gasteiger partial charge on any atom is 0.326 e. The van der Waals surface area contributed by atoms with Crippen LogP contribution < -0.4 is 21.7 Å². The molecule has 0 aromatic rings. The number of aliphatic hydroxyl groups is 3. The molecule has 1 heterocycles. The van der Waals surface area contributed by atoms with Gasteiger partial charge in [-0.25, -0.2) is 4.79 Å². The fraction of sp³-hybridized carbons (Fsp3) is 0.737. The quantitative estimate of drug-likeness (QED) is 0.129. The minimum Gasteiger partial charge on any atom is -0.480 e. The summed E-state index contributed by atoms with van der Waals surface area (Å²) >= 11 is 0. The number of carboxylic acid groups (broad SMARTS) is 1. The number of hydrogen-bond donors (Lipinski definition) is 8. The lowest BCUT2D eigenvalue weighted by Crippen LogP contribution is -2.65. The fourth-order valence-electron chi connectivity index (χ4n) is 3.17. The first-order valence-electron chi connectivity index (χ1n) is 10.4. The van der Waals surface area contributed by atoms with Gasteiger partial charge in [-0.05, 0) is 20.3 Å². The number of carbonyl (C=O) groups excluding carboxylic acids is 4. The number of primary amides is 1. The van der Waals surface area contributed by atoms with Gasteiger partial charge in [0.2, 0.25) is 23.6 Å². The number of hydrogen-bond acceptors (Lipinski definition) is 10. The van der Waals surface area contributed by atoms with E-state index in [9.17, 15) is 39.3 Å². The van der Waals surface area contributed by atoms with Crippen molar-refractivity contribution in [3.05, 3.63) is 0 Å². The number of nitrogens with two attached hydrogens (primary N) is 1. The molecule has 15 heteroatoms. The molecule has 0 bridgehead atoms. The molecule has 1 saturated heterocycles.